The van der Waals surface area contributed by atoms with Crippen molar-refractivity contribution in [3.8, 4) is 0 Å². The summed E-state index contributed by atoms with van der Waals surface area (Å²) in [6, 6.07) is 0.639. The molecule has 0 saturated carbocycles. The minimum Gasteiger partial charge on any atom is -0.316 e. The predicted octanol–water partition coefficient (Wildman–Crippen LogP) is 1.44. The summed E-state index contributed by atoms with van der Waals surface area (Å²) in [6.07, 6.45) is 1.35. The maximum atomic E-state index is 3.45. The predicted molar refractivity (Wildman–Crippen MR) is 58.6 cm³/mol. The lowest BCUT2D eigenvalue weighted by Gasteiger charge is -2.11. The Labute approximate surface area is 87.7 Å². The summed E-state index contributed by atoms with van der Waals surface area (Å²) in [5.41, 5.74) is 0. The van der Waals surface area contributed by atoms with Crippen molar-refractivity contribution in [1.82, 2.24) is 10.6 Å². The second-order valence-corrected chi connectivity index (χ2v) is 3.42. The first-order valence-electron chi connectivity index (χ1n) is 4.23. The van der Waals surface area contributed by atoms with Crippen LogP contribution in [0.15, 0.2) is 0 Å². The van der Waals surface area contributed by atoms with Crippen molar-refractivity contribution in [3.05, 3.63) is 0 Å². The van der Waals surface area contributed by atoms with Crippen molar-refractivity contribution in [2.45, 2.75) is 26.3 Å². The molecule has 0 bridgehead atoms. The lowest BCUT2D eigenvalue weighted by atomic mass is 10.1. The van der Waals surface area contributed by atoms with Gasteiger partial charge in [0.1, 0.15) is 0 Å². The molecule has 0 aromatic rings. The number of nitrogens with one attached hydrogen (secondary N) is 2. The molecule has 0 aromatic carbocycles. The van der Waals surface area contributed by atoms with E-state index in [0.717, 1.165) is 5.92 Å². The molecule has 4 heteroatoms. The molecule has 76 valence electrons. The van der Waals surface area contributed by atoms with E-state index >= 15 is 0 Å². The van der Waals surface area contributed by atoms with E-state index in [4.69, 9.17) is 0 Å². The second kappa shape index (κ2) is 8.11. The monoisotopic (exact) mass is 214 g/mol. The van der Waals surface area contributed by atoms with E-state index in [2.05, 4.69) is 24.5 Å². The molecule has 2 nitrogen and oxygen atoms in total. The summed E-state index contributed by atoms with van der Waals surface area (Å²) in [4.78, 5) is 0. The van der Waals surface area contributed by atoms with Crippen LogP contribution in [0, 0.1) is 5.92 Å². The molecule has 1 aliphatic heterocycles. The molecule has 12 heavy (non-hydrogen) atoms. The summed E-state index contributed by atoms with van der Waals surface area (Å²) in [5, 5.41) is 6.80. The maximum absolute atomic E-state index is 3.45. The van der Waals surface area contributed by atoms with Gasteiger partial charge in [0.05, 0.1) is 0 Å². The molecule has 0 radical (unpaired) electrons. The van der Waals surface area contributed by atoms with Crippen molar-refractivity contribution < 1.29 is 0 Å². The highest BCUT2D eigenvalue weighted by atomic mass is 35.5. The Bertz CT molecular complexity index is 93.1. The molecule has 0 aliphatic carbocycles. The fraction of sp³-hybridized carbons (Fsp3) is 1.00. The molecule has 1 heterocycles. The van der Waals surface area contributed by atoms with Crippen molar-refractivity contribution in [2.75, 3.05) is 19.6 Å². The third kappa shape index (κ3) is 6.06. The molecule has 0 spiro atoms. The van der Waals surface area contributed by atoms with Crippen LogP contribution in [0.1, 0.15) is 20.3 Å². The standard InChI is InChI=1S/C8H18N2.2ClH/c1-7(2)10-6-8-3-4-9-5-8;;/h7-10H,3-6H2,1-2H3;2*1H. The van der Waals surface area contributed by atoms with Gasteiger partial charge in [0.15, 0.2) is 0 Å². The maximum Gasteiger partial charge on any atom is 0.00105 e. The van der Waals surface area contributed by atoms with Crippen LogP contribution in [-0.4, -0.2) is 25.7 Å². The number of hydrogen-bond donors (Lipinski definition) is 2. The lowest BCUT2D eigenvalue weighted by molar-refractivity contribution is 0.477. The molecule has 2 N–H and O–H groups in total. The van der Waals surface area contributed by atoms with Gasteiger partial charge in [-0.3, -0.25) is 0 Å². The zero-order chi connectivity index (χ0) is 7.40. The highest BCUT2D eigenvalue weighted by Crippen LogP contribution is 2.05. The van der Waals surface area contributed by atoms with Gasteiger partial charge in [-0.2, -0.15) is 0 Å². The zero-order valence-corrected chi connectivity index (χ0v) is 9.43. The van der Waals surface area contributed by atoms with Gasteiger partial charge in [0.25, 0.3) is 0 Å². The Balaban J connectivity index is 0. The molecule has 1 fully saturated rings. The van der Waals surface area contributed by atoms with Gasteiger partial charge in [-0.15, -0.1) is 24.8 Å². The Morgan fingerprint density at radius 2 is 2.08 bits per heavy atom. The lowest BCUT2D eigenvalue weighted by Crippen LogP contribution is -2.29. The minimum absolute atomic E-state index is 0. The highest BCUT2D eigenvalue weighted by Gasteiger charge is 2.13. The average Bonchev–Trinajstić information content (AvgIpc) is 2.34. The smallest absolute Gasteiger partial charge is 0.00105 e. The Hall–Kier alpha value is 0.500. The third-order valence-corrected chi connectivity index (χ3v) is 1.98. The van der Waals surface area contributed by atoms with E-state index in [1.54, 1.807) is 0 Å². The Kier molecular flexibility index (Phi) is 10.1. The number of halogens is 2. The molecule has 1 unspecified atom stereocenters. The summed E-state index contributed by atoms with van der Waals surface area (Å²) in [7, 11) is 0. The summed E-state index contributed by atoms with van der Waals surface area (Å²) >= 11 is 0. The van der Waals surface area contributed by atoms with Crippen molar-refractivity contribution in [1.29, 1.82) is 0 Å². The number of hydrogen-bond acceptors (Lipinski definition) is 2. The van der Waals surface area contributed by atoms with Gasteiger partial charge >= 0.3 is 0 Å². The van der Waals surface area contributed by atoms with Crippen LogP contribution in [0.25, 0.3) is 0 Å². The van der Waals surface area contributed by atoms with Crippen molar-refractivity contribution >= 4 is 24.8 Å². The SMILES string of the molecule is CC(C)NCC1CCNC1.Cl.Cl. The van der Waals surface area contributed by atoms with E-state index < -0.39 is 0 Å². The van der Waals surface area contributed by atoms with Gasteiger partial charge < -0.3 is 10.6 Å². The third-order valence-electron chi connectivity index (χ3n) is 1.98. The van der Waals surface area contributed by atoms with E-state index in [-0.39, 0.29) is 24.8 Å². The topological polar surface area (TPSA) is 24.1 Å². The van der Waals surface area contributed by atoms with E-state index in [9.17, 15) is 0 Å². The molecule has 1 saturated heterocycles. The summed E-state index contributed by atoms with van der Waals surface area (Å²) in [5.74, 6) is 0.877. The first-order chi connectivity index (χ1) is 4.79. The molecule has 0 aromatic heterocycles. The van der Waals surface area contributed by atoms with Crippen LogP contribution >= 0.6 is 24.8 Å². The van der Waals surface area contributed by atoms with E-state index in [0.29, 0.717) is 6.04 Å². The number of rotatable bonds is 3. The fourth-order valence-electron chi connectivity index (χ4n) is 1.29. The molecule has 0 amide bonds. The fourth-order valence-corrected chi connectivity index (χ4v) is 1.29. The Morgan fingerprint density at radius 3 is 2.50 bits per heavy atom. The van der Waals surface area contributed by atoms with E-state index in [1.165, 1.54) is 26.1 Å². The van der Waals surface area contributed by atoms with Crippen LogP contribution in [-0.2, 0) is 0 Å². The largest absolute Gasteiger partial charge is 0.316 e. The second-order valence-electron chi connectivity index (χ2n) is 3.42. The van der Waals surface area contributed by atoms with Gasteiger partial charge in [0.2, 0.25) is 0 Å². The zero-order valence-electron chi connectivity index (χ0n) is 7.80. The Morgan fingerprint density at radius 1 is 1.42 bits per heavy atom. The first kappa shape index (κ1) is 15.0. The minimum atomic E-state index is 0. The van der Waals surface area contributed by atoms with Gasteiger partial charge in [-0.1, -0.05) is 13.8 Å². The van der Waals surface area contributed by atoms with Gasteiger partial charge in [-0.05, 0) is 32.0 Å². The average molecular weight is 215 g/mol. The summed E-state index contributed by atoms with van der Waals surface area (Å²) < 4.78 is 0. The van der Waals surface area contributed by atoms with Crippen LogP contribution in [0.4, 0.5) is 0 Å². The van der Waals surface area contributed by atoms with Crippen LogP contribution in [0.2, 0.25) is 0 Å². The van der Waals surface area contributed by atoms with Crippen molar-refractivity contribution in [3.63, 3.8) is 0 Å². The molecule has 1 rings (SSSR count). The van der Waals surface area contributed by atoms with Gasteiger partial charge in [-0.25, -0.2) is 0 Å². The normalized spacial score (nSPS) is 21.8. The first-order valence-corrected chi connectivity index (χ1v) is 4.23. The highest BCUT2D eigenvalue weighted by molar-refractivity contribution is 5.85. The van der Waals surface area contributed by atoms with Crippen LogP contribution in [0.3, 0.4) is 0 Å². The quantitative estimate of drug-likeness (QED) is 0.744. The molecular formula is C8H20Cl2N2. The van der Waals surface area contributed by atoms with Crippen molar-refractivity contribution in [2.24, 2.45) is 5.92 Å². The molecule has 1 atom stereocenters. The van der Waals surface area contributed by atoms with Gasteiger partial charge in [0, 0.05) is 6.04 Å². The van der Waals surface area contributed by atoms with E-state index in [1.807, 2.05) is 0 Å². The van der Waals surface area contributed by atoms with Crippen LogP contribution in [0.5, 0.6) is 0 Å². The summed E-state index contributed by atoms with van der Waals surface area (Å²) in [6.45, 7) is 8.00. The molecular weight excluding hydrogens is 195 g/mol. The van der Waals surface area contributed by atoms with Crippen LogP contribution < -0.4 is 10.6 Å². The molecule has 1 aliphatic rings.